The first-order chi connectivity index (χ1) is 12.4. The zero-order chi connectivity index (χ0) is 18.7. The summed E-state index contributed by atoms with van der Waals surface area (Å²) in [4.78, 5) is 26.0. The second kappa shape index (κ2) is 7.96. The Morgan fingerprint density at radius 2 is 1.69 bits per heavy atom. The summed E-state index contributed by atoms with van der Waals surface area (Å²) in [6.07, 6.45) is 0.924. The topological polar surface area (TPSA) is 58.2 Å². The number of rotatable bonds is 6. The van der Waals surface area contributed by atoms with Gasteiger partial charge in [-0.1, -0.05) is 24.8 Å². The number of carbonyl (C=O) groups excluding carboxylic acids is 2. The maximum Gasteiger partial charge on any atom is 0.243 e. The molecule has 136 valence electrons. The van der Waals surface area contributed by atoms with Gasteiger partial charge in [-0.2, -0.15) is 0 Å². The zero-order valence-electron chi connectivity index (χ0n) is 15.3. The summed E-state index contributed by atoms with van der Waals surface area (Å²) in [5.41, 5.74) is 3.30. The number of hydrogen-bond acceptors (Lipinski definition) is 3. The van der Waals surface area contributed by atoms with Gasteiger partial charge in [0.25, 0.3) is 0 Å². The lowest BCUT2D eigenvalue weighted by atomic mass is 10.1. The highest BCUT2D eigenvalue weighted by Crippen LogP contribution is 2.37. The number of benzene rings is 2. The van der Waals surface area contributed by atoms with Crippen molar-refractivity contribution >= 4 is 29.3 Å². The van der Waals surface area contributed by atoms with E-state index in [0.29, 0.717) is 5.92 Å². The number of anilines is 1. The van der Waals surface area contributed by atoms with Gasteiger partial charge < -0.3 is 10.6 Å². The summed E-state index contributed by atoms with van der Waals surface area (Å²) in [5, 5.41) is 5.51. The van der Waals surface area contributed by atoms with Crippen LogP contribution in [0.3, 0.4) is 0 Å². The summed E-state index contributed by atoms with van der Waals surface area (Å²) >= 11 is 1.69. The highest BCUT2D eigenvalue weighted by molar-refractivity contribution is 7.99. The van der Waals surface area contributed by atoms with Gasteiger partial charge in [0.05, 0.1) is 6.54 Å². The molecule has 1 saturated carbocycles. The Hall–Kier alpha value is -2.27. The third-order valence-electron chi connectivity index (χ3n) is 4.72. The van der Waals surface area contributed by atoms with Crippen LogP contribution < -0.4 is 10.6 Å². The monoisotopic (exact) mass is 368 g/mol. The van der Waals surface area contributed by atoms with E-state index in [-0.39, 0.29) is 24.3 Å². The van der Waals surface area contributed by atoms with E-state index in [1.54, 1.807) is 11.8 Å². The minimum Gasteiger partial charge on any atom is -0.347 e. The molecular formula is C21H24N2O2S. The summed E-state index contributed by atoms with van der Waals surface area (Å²) < 4.78 is 0. The molecule has 0 unspecified atom stereocenters. The molecule has 4 nitrogen and oxygen atoms in total. The summed E-state index contributed by atoms with van der Waals surface area (Å²) in [7, 11) is 0. The van der Waals surface area contributed by atoms with Crippen LogP contribution in [-0.4, -0.2) is 18.4 Å². The standard InChI is InChI=1S/C21H24N2O2S/c1-13-4-7-18(10-14(13)2)26-17-8-5-16(6-9-17)23-20(24)12-22-21(25)19-11-15(19)3/h4-10,15,19H,11-12H2,1-3H3,(H,22,25)(H,23,24)/t15-,19+/m0/s1. The Balaban J connectivity index is 1.49. The van der Waals surface area contributed by atoms with Crippen molar-refractivity contribution in [2.45, 2.75) is 37.0 Å². The summed E-state index contributed by atoms with van der Waals surface area (Å²) in [6.45, 7) is 6.28. The third-order valence-corrected chi connectivity index (χ3v) is 5.72. The smallest absolute Gasteiger partial charge is 0.243 e. The van der Waals surface area contributed by atoms with E-state index in [2.05, 4.69) is 42.7 Å². The summed E-state index contributed by atoms with van der Waals surface area (Å²) in [6, 6.07) is 14.2. The van der Waals surface area contributed by atoms with Gasteiger partial charge in [-0.3, -0.25) is 9.59 Å². The van der Waals surface area contributed by atoms with Gasteiger partial charge >= 0.3 is 0 Å². The average Bonchev–Trinajstić information content (AvgIpc) is 3.35. The first-order valence-electron chi connectivity index (χ1n) is 8.85. The molecule has 2 N–H and O–H groups in total. The van der Waals surface area contributed by atoms with E-state index in [0.717, 1.165) is 17.0 Å². The van der Waals surface area contributed by atoms with Crippen molar-refractivity contribution in [3.8, 4) is 0 Å². The molecule has 2 aromatic carbocycles. The minimum atomic E-state index is -0.207. The van der Waals surface area contributed by atoms with E-state index < -0.39 is 0 Å². The molecule has 2 atom stereocenters. The Labute approximate surface area is 158 Å². The predicted octanol–water partition coefficient (Wildman–Crippen LogP) is 4.17. The molecule has 3 rings (SSSR count). The average molecular weight is 369 g/mol. The number of hydrogen-bond donors (Lipinski definition) is 2. The van der Waals surface area contributed by atoms with Crippen molar-refractivity contribution in [3.05, 3.63) is 53.6 Å². The molecule has 0 bridgehead atoms. The number of amides is 2. The number of carbonyl (C=O) groups is 2. The highest BCUT2D eigenvalue weighted by Gasteiger charge is 2.38. The molecule has 0 aliphatic heterocycles. The van der Waals surface area contributed by atoms with Crippen molar-refractivity contribution in [1.82, 2.24) is 5.32 Å². The van der Waals surface area contributed by atoms with E-state index in [1.807, 2.05) is 31.2 Å². The molecule has 2 aromatic rings. The Bertz CT molecular complexity index is 817. The van der Waals surface area contributed by atoms with Crippen LogP contribution in [0.1, 0.15) is 24.5 Å². The maximum atomic E-state index is 12.0. The second-order valence-corrected chi connectivity index (χ2v) is 8.10. The van der Waals surface area contributed by atoms with E-state index >= 15 is 0 Å². The number of aryl methyl sites for hydroxylation is 2. The van der Waals surface area contributed by atoms with Crippen LogP contribution in [0.4, 0.5) is 5.69 Å². The van der Waals surface area contributed by atoms with Gasteiger partial charge in [0.2, 0.25) is 11.8 Å². The van der Waals surface area contributed by atoms with Crippen molar-refractivity contribution in [1.29, 1.82) is 0 Å². The molecule has 0 saturated heterocycles. The van der Waals surface area contributed by atoms with Crippen LogP contribution in [0.15, 0.2) is 52.3 Å². The van der Waals surface area contributed by atoms with E-state index in [1.165, 1.54) is 16.0 Å². The van der Waals surface area contributed by atoms with E-state index in [4.69, 9.17) is 0 Å². The molecule has 1 aliphatic carbocycles. The molecular weight excluding hydrogens is 344 g/mol. The second-order valence-electron chi connectivity index (χ2n) is 6.96. The van der Waals surface area contributed by atoms with Gasteiger partial charge in [0, 0.05) is 21.4 Å². The molecule has 5 heteroatoms. The van der Waals surface area contributed by atoms with Crippen LogP contribution in [0, 0.1) is 25.7 Å². The molecule has 2 amide bonds. The van der Waals surface area contributed by atoms with Gasteiger partial charge in [0.1, 0.15) is 0 Å². The van der Waals surface area contributed by atoms with Crippen LogP contribution in [0.2, 0.25) is 0 Å². The molecule has 26 heavy (non-hydrogen) atoms. The van der Waals surface area contributed by atoms with Gasteiger partial charge in [-0.05, 0) is 73.7 Å². The van der Waals surface area contributed by atoms with Crippen molar-refractivity contribution < 1.29 is 9.59 Å². The van der Waals surface area contributed by atoms with Crippen molar-refractivity contribution in [3.63, 3.8) is 0 Å². The number of nitrogens with one attached hydrogen (secondary N) is 2. The lowest BCUT2D eigenvalue weighted by Gasteiger charge is -2.08. The quantitative estimate of drug-likeness (QED) is 0.805. The Morgan fingerprint density at radius 3 is 2.31 bits per heavy atom. The normalized spacial score (nSPS) is 18.3. The third kappa shape index (κ3) is 4.88. The van der Waals surface area contributed by atoms with Crippen LogP contribution in [0.5, 0.6) is 0 Å². The first-order valence-corrected chi connectivity index (χ1v) is 9.67. The molecule has 0 spiro atoms. The van der Waals surface area contributed by atoms with Crippen LogP contribution in [0.25, 0.3) is 0 Å². The fourth-order valence-electron chi connectivity index (χ4n) is 2.71. The maximum absolute atomic E-state index is 12.0. The molecule has 0 aromatic heterocycles. The largest absolute Gasteiger partial charge is 0.347 e. The fourth-order valence-corrected chi connectivity index (χ4v) is 3.63. The lowest BCUT2D eigenvalue weighted by molar-refractivity contribution is -0.125. The highest BCUT2D eigenvalue weighted by atomic mass is 32.2. The minimum absolute atomic E-state index is 0.0151. The summed E-state index contributed by atoms with van der Waals surface area (Å²) in [5.74, 6) is 0.305. The van der Waals surface area contributed by atoms with E-state index in [9.17, 15) is 9.59 Å². The lowest BCUT2D eigenvalue weighted by Crippen LogP contribution is -2.34. The van der Waals surface area contributed by atoms with Gasteiger partial charge in [-0.25, -0.2) is 0 Å². The van der Waals surface area contributed by atoms with Gasteiger partial charge in [-0.15, -0.1) is 0 Å². The molecule has 0 heterocycles. The Morgan fingerprint density at radius 1 is 1.04 bits per heavy atom. The van der Waals surface area contributed by atoms with Crippen molar-refractivity contribution in [2.75, 3.05) is 11.9 Å². The molecule has 1 fully saturated rings. The Kier molecular flexibility index (Phi) is 5.67. The molecule has 1 aliphatic rings. The van der Waals surface area contributed by atoms with Crippen LogP contribution >= 0.6 is 11.8 Å². The molecule has 0 radical (unpaired) electrons. The zero-order valence-corrected chi connectivity index (χ0v) is 16.2. The van der Waals surface area contributed by atoms with Crippen molar-refractivity contribution in [2.24, 2.45) is 11.8 Å². The van der Waals surface area contributed by atoms with Gasteiger partial charge in [0.15, 0.2) is 0 Å². The SMILES string of the molecule is Cc1ccc(Sc2ccc(NC(=O)CNC(=O)[C@@H]3C[C@@H]3C)cc2)cc1C. The fraction of sp³-hybridized carbons (Fsp3) is 0.333. The van der Waals surface area contributed by atoms with Crippen LogP contribution in [-0.2, 0) is 9.59 Å². The predicted molar refractivity (Wildman–Crippen MR) is 105 cm³/mol. The first kappa shape index (κ1) is 18.5.